The van der Waals surface area contributed by atoms with E-state index in [0.29, 0.717) is 13.1 Å². The molecule has 4 aliphatic rings. The van der Waals surface area contributed by atoms with E-state index >= 15 is 0 Å². The van der Waals surface area contributed by atoms with Gasteiger partial charge in [0.05, 0.1) is 12.5 Å². The molecule has 168 valence electrons. The molecule has 3 atom stereocenters. The van der Waals surface area contributed by atoms with Crippen molar-refractivity contribution in [1.82, 2.24) is 4.90 Å². The Morgan fingerprint density at radius 2 is 1.90 bits per heavy atom. The number of aryl methyl sites for hydroxylation is 1. The third-order valence-corrected chi connectivity index (χ3v) is 8.56. The average Bonchev–Trinajstić information content (AvgIpc) is 2.75. The highest BCUT2D eigenvalue weighted by Crippen LogP contribution is 2.43. The molecule has 1 N–H and O–H groups in total. The quantitative estimate of drug-likeness (QED) is 0.665. The van der Waals surface area contributed by atoms with Crippen LogP contribution in [0.5, 0.6) is 5.75 Å². The van der Waals surface area contributed by atoms with Gasteiger partial charge in [0, 0.05) is 19.6 Å². The van der Waals surface area contributed by atoms with Gasteiger partial charge in [-0.25, -0.2) is 0 Å². The van der Waals surface area contributed by atoms with Crippen molar-refractivity contribution in [3.8, 4) is 5.75 Å². The fraction of sp³-hybridized carbons (Fsp3) is 0.667. The SMILES string of the molecule is CC1=C(CN2CC(C(=O)O)C2)CCc2cc(OCC3CCC4CCCCC4C3)ccc21. The molecular weight excluding hydrogens is 386 g/mol. The van der Waals surface area contributed by atoms with Gasteiger partial charge in [0.2, 0.25) is 0 Å². The molecular formula is C27H37NO3. The van der Waals surface area contributed by atoms with Gasteiger partial charge >= 0.3 is 5.97 Å². The van der Waals surface area contributed by atoms with Crippen molar-refractivity contribution in [2.75, 3.05) is 26.2 Å². The Bertz CT molecular complexity index is 854. The van der Waals surface area contributed by atoms with Crippen LogP contribution in [0.15, 0.2) is 23.8 Å². The van der Waals surface area contributed by atoms with Gasteiger partial charge in [-0.1, -0.05) is 37.3 Å². The lowest BCUT2D eigenvalue weighted by atomic mass is 9.68. The van der Waals surface area contributed by atoms with Gasteiger partial charge in [0.15, 0.2) is 0 Å². The molecule has 3 aliphatic carbocycles. The van der Waals surface area contributed by atoms with E-state index in [1.807, 2.05) is 0 Å². The summed E-state index contributed by atoms with van der Waals surface area (Å²) in [6.07, 6.45) is 12.1. The normalized spacial score (nSPS) is 29.1. The molecule has 0 amide bonds. The molecule has 0 aromatic heterocycles. The summed E-state index contributed by atoms with van der Waals surface area (Å²) in [5, 5.41) is 9.09. The Morgan fingerprint density at radius 3 is 2.71 bits per heavy atom. The van der Waals surface area contributed by atoms with E-state index in [9.17, 15) is 4.79 Å². The average molecular weight is 424 g/mol. The molecule has 1 aliphatic heterocycles. The Kier molecular flexibility index (Phi) is 6.10. The third-order valence-electron chi connectivity index (χ3n) is 8.56. The summed E-state index contributed by atoms with van der Waals surface area (Å²) in [4.78, 5) is 13.3. The lowest BCUT2D eigenvalue weighted by Gasteiger charge is -2.39. The first-order valence-electron chi connectivity index (χ1n) is 12.5. The largest absolute Gasteiger partial charge is 0.493 e. The minimum absolute atomic E-state index is 0.176. The molecule has 4 heteroatoms. The van der Waals surface area contributed by atoms with E-state index in [-0.39, 0.29) is 5.92 Å². The summed E-state index contributed by atoms with van der Waals surface area (Å²) in [6, 6.07) is 6.67. The molecule has 1 aromatic rings. The second kappa shape index (κ2) is 8.97. The molecule has 3 fully saturated rings. The number of hydrogen-bond donors (Lipinski definition) is 1. The first-order valence-corrected chi connectivity index (χ1v) is 12.5. The molecule has 4 nitrogen and oxygen atoms in total. The fourth-order valence-corrected chi connectivity index (χ4v) is 6.55. The maximum atomic E-state index is 11.0. The number of fused-ring (bicyclic) bond motifs is 2. The van der Waals surface area contributed by atoms with Gasteiger partial charge in [0.25, 0.3) is 0 Å². The highest BCUT2D eigenvalue weighted by atomic mass is 16.5. The fourth-order valence-electron chi connectivity index (χ4n) is 6.55. The number of allylic oxidation sites excluding steroid dienone is 1. The lowest BCUT2D eigenvalue weighted by Crippen LogP contribution is -2.50. The predicted molar refractivity (Wildman–Crippen MR) is 123 cm³/mol. The monoisotopic (exact) mass is 423 g/mol. The smallest absolute Gasteiger partial charge is 0.309 e. The molecule has 0 spiro atoms. The van der Waals surface area contributed by atoms with Crippen molar-refractivity contribution < 1.29 is 14.6 Å². The van der Waals surface area contributed by atoms with Crippen LogP contribution in [-0.4, -0.2) is 42.2 Å². The topological polar surface area (TPSA) is 49.8 Å². The molecule has 1 saturated heterocycles. The van der Waals surface area contributed by atoms with Gasteiger partial charge < -0.3 is 9.84 Å². The van der Waals surface area contributed by atoms with Crippen LogP contribution in [0.4, 0.5) is 0 Å². The first-order chi connectivity index (χ1) is 15.1. The van der Waals surface area contributed by atoms with E-state index in [2.05, 4.69) is 30.0 Å². The number of benzene rings is 1. The highest BCUT2D eigenvalue weighted by Gasteiger charge is 2.34. The number of carboxylic acid groups (broad SMARTS) is 1. The van der Waals surface area contributed by atoms with E-state index in [4.69, 9.17) is 9.84 Å². The van der Waals surface area contributed by atoms with E-state index in [1.54, 1.807) is 0 Å². The summed E-state index contributed by atoms with van der Waals surface area (Å²) in [7, 11) is 0. The number of hydrogen-bond acceptors (Lipinski definition) is 3. The second-order valence-corrected chi connectivity index (χ2v) is 10.6. The van der Waals surface area contributed by atoms with Crippen LogP contribution in [0.1, 0.15) is 69.4 Å². The Hall–Kier alpha value is -1.81. The Labute approximate surface area is 186 Å². The van der Waals surface area contributed by atoms with Gasteiger partial charge in [-0.05, 0) is 85.6 Å². The summed E-state index contributed by atoms with van der Waals surface area (Å²) in [5.41, 5.74) is 5.60. The maximum Gasteiger partial charge on any atom is 0.309 e. The lowest BCUT2D eigenvalue weighted by molar-refractivity contribution is -0.147. The molecule has 31 heavy (non-hydrogen) atoms. The summed E-state index contributed by atoms with van der Waals surface area (Å²) >= 11 is 0. The minimum Gasteiger partial charge on any atom is -0.493 e. The van der Waals surface area contributed by atoms with Crippen LogP contribution in [0, 0.1) is 23.7 Å². The standard InChI is InChI=1S/C27H37NO3/c1-18-23(14-28-15-24(16-28)27(29)30)9-8-22-13-25(10-11-26(18)22)31-17-19-6-7-20-4-2-3-5-21(20)12-19/h10-11,13,19-21,24H,2-9,12,14-17H2,1H3,(H,29,30). The number of carbonyl (C=O) groups is 1. The van der Waals surface area contributed by atoms with E-state index < -0.39 is 5.97 Å². The highest BCUT2D eigenvalue weighted by molar-refractivity contribution is 5.73. The number of likely N-dealkylation sites (tertiary alicyclic amines) is 1. The number of carboxylic acids is 1. The van der Waals surface area contributed by atoms with Crippen LogP contribution >= 0.6 is 0 Å². The van der Waals surface area contributed by atoms with Crippen LogP contribution in [0.3, 0.4) is 0 Å². The number of ether oxygens (including phenoxy) is 1. The van der Waals surface area contributed by atoms with E-state index in [1.165, 1.54) is 67.2 Å². The predicted octanol–water partition coefficient (Wildman–Crippen LogP) is 5.41. The van der Waals surface area contributed by atoms with Crippen molar-refractivity contribution >= 4 is 11.5 Å². The van der Waals surface area contributed by atoms with Gasteiger partial charge in [0.1, 0.15) is 5.75 Å². The summed E-state index contributed by atoms with van der Waals surface area (Å²) in [5.74, 6) is 2.90. The first kappa shape index (κ1) is 21.1. The zero-order chi connectivity index (χ0) is 21.4. The Balaban J connectivity index is 1.17. The van der Waals surface area contributed by atoms with Gasteiger partial charge in [-0.3, -0.25) is 9.69 Å². The van der Waals surface area contributed by atoms with Gasteiger partial charge in [-0.15, -0.1) is 0 Å². The molecule has 3 unspecified atom stereocenters. The molecule has 5 rings (SSSR count). The summed E-state index contributed by atoms with van der Waals surface area (Å²) in [6.45, 7) is 5.40. The number of rotatable bonds is 6. The second-order valence-electron chi connectivity index (χ2n) is 10.6. The van der Waals surface area contributed by atoms with Crippen molar-refractivity contribution in [3.63, 3.8) is 0 Å². The van der Waals surface area contributed by atoms with Crippen molar-refractivity contribution in [2.45, 2.75) is 64.7 Å². The molecule has 1 heterocycles. The third kappa shape index (κ3) is 4.55. The minimum atomic E-state index is -0.657. The van der Waals surface area contributed by atoms with Crippen LogP contribution in [0.2, 0.25) is 0 Å². The molecule has 2 saturated carbocycles. The number of aliphatic carboxylic acids is 1. The van der Waals surface area contributed by atoms with E-state index in [0.717, 1.165) is 49.5 Å². The van der Waals surface area contributed by atoms with Crippen LogP contribution in [-0.2, 0) is 11.2 Å². The van der Waals surface area contributed by atoms with Crippen molar-refractivity contribution in [1.29, 1.82) is 0 Å². The molecule has 1 aromatic carbocycles. The van der Waals surface area contributed by atoms with Crippen LogP contribution < -0.4 is 4.74 Å². The van der Waals surface area contributed by atoms with Gasteiger partial charge in [-0.2, -0.15) is 0 Å². The van der Waals surface area contributed by atoms with Crippen molar-refractivity contribution in [2.24, 2.45) is 23.7 Å². The maximum absolute atomic E-state index is 11.0. The zero-order valence-corrected chi connectivity index (χ0v) is 18.9. The van der Waals surface area contributed by atoms with Crippen LogP contribution in [0.25, 0.3) is 5.57 Å². The Morgan fingerprint density at radius 1 is 1.10 bits per heavy atom. The number of nitrogens with zero attached hydrogens (tertiary/aromatic N) is 1. The summed E-state index contributed by atoms with van der Waals surface area (Å²) < 4.78 is 6.30. The zero-order valence-electron chi connectivity index (χ0n) is 18.9. The molecule has 0 radical (unpaired) electrons. The molecule has 0 bridgehead atoms. The van der Waals surface area contributed by atoms with Crippen molar-refractivity contribution in [3.05, 3.63) is 34.9 Å².